The number of carbonyl (C=O) groups is 1. The fraction of sp³-hybridized carbons (Fsp3) is 0.944. The van der Waals surface area contributed by atoms with Crippen molar-refractivity contribution in [3.05, 3.63) is 12.2 Å². The molecule has 0 heterocycles. The first-order valence-electron chi connectivity index (χ1n) is 27.5. The largest absolute Gasteiger partial charge is 0.756 e. The highest BCUT2D eigenvalue weighted by Gasteiger charge is 2.24. The van der Waals surface area contributed by atoms with E-state index in [9.17, 15) is 19.4 Å². The van der Waals surface area contributed by atoms with Crippen LogP contribution in [0.2, 0.25) is 0 Å². The zero-order valence-corrected chi connectivity index (χ0v) is 43.7. The van der Waals surface area contributed by atoms with Gasteiger partial charge in [-0.1, -0.05) is 244 Å². The van der Waals surface area contributed by atoms with Crippen LogP contribution in [0.3, 0.4) is 0 Å². The molecule has 0 bridgehead atoms. The third kappa shape index (κ3) is 49.0. The Morgan fingerprint density at radius 2 is 0.873 bits per heavy atom. The number of amides is 1. The van der Waals surface area contributed by atoms with Crippen molar-refractivity contribution >= 4 is 13.7 Å². The Morgan fingerprint density at radius 1 is 0.540 bits per heavy atom. The Hall–Kier alpha value is -0.760. The molecule has 8 nitrogen and oxygen atoms in total. The van der Waals surface area contributed by atoms with Gasteiger partial charge in [0.25, 0.3) is 7.82 Å². The van der Waals surface area contributed by atoms with Crippen molar-refractivity contribution in [2.24, 2.45) is 0 Å². The highest BCUT2D eigenvalue weighted by molar-refractivity contribution is 7.45. The maximum Gasteiger partial charge on any atom is 0.268 e. The second-order valence-corrected chi connectivity index (χ2v) is 21.7. The van der Waals surface area contributed by atoms with Crippen molar-refractivity contribution in [3.63, 3.8) is 0 Å². The Bertz CT molecular complexity index is 1040. The summed E-state index contributed by atoms with van der Waals surface area (Å²) >= 11 is 0. The molecule has 0 radical (unpaired) electrons. The molecule has 0 spiro atoms. The number of likely N-dealkylation sites (N-methyl/N-ethyl adjacent to an activating group) is 1. The van der Waals surface area contributed by atoms with Gasteiger partial charge >= 0.3 is 0 Å². The topological polar surface area (TPSA) is 108 Å². The lowest BCUT2D eigenvalue weighted by Crippen LogP contribution is -2.46. The molecule has 0 aliphatic rings. The van der Waals surface area contributed by atoms with E-state index in [1.54, 1.807) is 0 Å². The lowest BCUT2D eigenvalue weighted by molar-refractivity contribution is -0.870. The van der Waals surface area contributed by atoms with E-state index in [-0.39, 0.29) is 19.1 Å². The third-order valence-electron chi connectivity index (χ3n) is 12.8. The number of hydrogen-bond acceptors (Lipinski definition) is 6. The minimum atomic E-state index is -4.57. The molecule has 0 saturated carbocycles. The van der Waals surface area contributed by atoms with Gasteiger partial charge in [-0.3, -0.25) is 9.36 Å². The second kappa shape index (κ2) is 46.4. The maximum absolute atomic E-state index is 12.9. The van der Waals surface area contributed by atoms with Gasteiger partial charge in [-0.05, 0) is 38.5 Å². The molecule has 1 amide bonds. The van der Waals surface area contributed by atoms with Gasteiger partial charge in [0.15, 0.2) is 0 Å². The smallest absolute Gasteiger partial charge is 0.268 e. The lowest BCUT2D eigenvalue weighted by atomic mass is 10.0. The molecule has 0 aromatic rings. The number of nitrogens with zero attached hydrogens (tertiary/aromatic N) is 1. The molecular formula is C54H109N2O6P. The molecule has 0 aromatic heterocycles. The van der Waals surface area contributed by atoms with Gasteiger partial charge in [-0.2, -0.15) is 0 Å². The first-order chi connectivity index (χ1) is 30.5. The van der Waals surface area contributed by atoms with E-state index in [0.717, 1.165) is 38.5 Å². The first-order valence-corrected chi connectivity index (χ1v) is 29.0. The number of aliphatic hydroxyl groups is 1. The van der Waals surface area contributed by atoms with Crippen molar-refractivity contribution in [1.82, 2.24) is 5.32 Å². The summed E-state index contributed by atoms with van der Waals surface area (Å²) in [6.07, 6.45) is 55.2. The van der Waals surface area contributed by atoms with Crippen LogP contribution >= 0.6 is 7.82 Å². The fourth-order valence-corrected chi connectivity index (χ4v) is 9.11. The zero-order valence-electron chi connectivity index (χ0n) is 42.8. The Morgan fingerprint density at radius 3 is 1.24 bits per heavy atom. The van der Waals surface area contributed by atoms with Gasteiger partial charge in [0.1, 0.15) is 13.2 Å². The van der Waals surface area contributed by atoms with E-state index < -0.39 is 20.0 Å². The molecule has 376 valence electrons. The predicted octanol–water partition coefficient (Wildman–Crippen LogP) is 15.6. The lowest BCUT2D eigenvalue weighted by Gasteiger charge is -2.30. The standard InChI is InChI=1S/C54H109N2O6P/c1-6-8-10-12-14-16-18-20-22-23-24-25-26-27-28-29-30-31-32-33-34-36-38-40-42-44-46-48-54(58)55-52(51-62-63(59,60)61-50-49-56(3,4)5)53(57)47-45-43-41-39-37-35-21-19-17-15-13-11-9-7-2/h27-28,52-53,57H,6-26,29-51H2,1-5H3,(H-,55,58,59,60)/b28-27-. The zero-order chi connectivity index (χ0) is 46.4. The summed E-state index contributed by atoms with van der Waals surface area (Å²) < 4.78 is 23.4. The van der Waals surface area contributed by atoms with E-state index in [1.807, 2.05) is 21.1 Å². The molecule has 0 aliphatic heterocycles. The summed E-state index contributed by atoms with van der Waals surface area (Å²) in [5.74, 6) is -0.162. The molecule has 0 fully saturated rings. The van der Waals surface area contributed by atoms with Gasteiger partial charge in [0.05, 0.1) is 39.9 Å². The summed E-state index contributed by atoms with van der Waals surface area (Å²) in [7, 11) is 1.32. The van der Waals surface area contributed by atoms with Crippen LogP contribution in [0, 0.1) is 0 Å². The van der Waals surface area contributed by atoms with Gasteiger partial charge < -0.3 is 28.8 Å². The number of phosphoric acid groups is 1. The average molecular weight is 913 g/mol. The minimum Gasteiger partial charge on any atom is -0.756 e. The van der Waals surface area contributed by atoms with Crippen LogP contribution in [0.1, 0.15) is 277 Å². The number of rotatable bonds is 51. The van der Waals surface area contributed by atoms with Crippen LogP contribution in [0.5, 0.6) is 0 Å². The van der Waals surface area contributed by atoms with E-state index >= 15 is 0 Å². The van der Waals surface area contributed by atoms with Crippen molar-refractivity contribution in [2.45, 2.75) is 289 Å². The number of allylic oxidation sites excluding steroid dienone is 2. The van der Waals surface area contributed by atoms with Gasteiger partial charge in [-0.15, -0.1) is 0 Å². The first kappa shape index (κ1) is 62.2. The number of unbranched alkanes of at least 4 members (excludes halogenated alkanes) is 36. The van der Waals surface area contributed by atoms with E-state index in [1.165, 1.54) is 212 Å². The molecule has 0 saturated heterocycles. The second-order valence-electron chi connectivity index (χ2n) is 20.3. The van der Waals surface area contributed by atoms with Crippen LogP contribution in [0.15, 0.2) is 12.2 Å². The Balaban J connectivity index is 4.09. The monoisotopic (exact) mass is 913 g/mol. The van der Waals surface area contributed by atoms with Crippen molar-refractivity contribution < 1.29 is 32.9 Å². The van der Waals surface area contributed by atoms with E-state index in [2.05, 4.69) is 31.3 Å². The highest BCUT2D eigenvalue weighted by atomic mass is 31.2. The fourth-order valence-electron chi connectivity index (χ4n) is 8.39. The summed E-state index contributed by atoms with van der Waals surface area (Å²) in [5, 5.41) is 14.0. The number of carbonyl (C=O) groups excluding carboxylic acids is 1. The summed E-state index contributed by atoms with van der Waals surface area (Å²) in [5.41, 5.74) is 0. The molecule has 0 rings (SSSR count). The molecule has 9 heteroatoms. The average Bonchev–Trinajstić information content (AvgIpc) is 3.24. The summed E-state index contributed by atoms with van der Waals surface area (Å²) in [6, 6.07) is -0.797. The number of nitrogens with one attached hydrogen (secondary N) is 1. The molecule has 0 aliphatic carbocycles. The van der Waals surface area contributed by atoms with Crippen LogP contribution in [-0.4, -0.2) is 68.5 Å². The number of phosphoric ester groups is 1. The van der Waals surface area contributed by atoms with Gasteiger partial charge in [0.2, 0.25) is 5.91 Å². The minimum absolute atomic E-state index is 0.0144. The molecule has 63 heavy (non-hydrogen) atoms. The third-order valence-corrected chi connectivity index (χ3v) is 13.7. The molecular weight excluding hydrogens is 804 g/mol. The van der Waals surface area contributed by atoms with Crippen LogP contribution in [-0.2, 0) is 18.4 Å². The van der Waals surface area contributed by atoms with E-state index in [4.69, 9.17) is 9.05 Å². The number of hydrogen-bond donors (Lipinski definition) is 2. The molecule has 0 aromatic carbocycles. The molecule has 2 N–H and O–H groups in total. The predicted molar refractivity (Wildman–Crippen MR) is 270 cm³/mol. The van der Waals surface area contributed by atoms with E-state index in [0.29, 0.717) is 23.9 Å². The van der Waals surface area contributed by atoms with Crippen LogP contribution < -0.4 is 10.2 Å². The molecule has 3 atom stereocenters. The van der Waals surface area contributed by atoms with Gasteiger partial charge in [-0.25, -0.2) is 0 Å². The Labute approximate surface area is 392 Å². The van der Waals surface area contributed by atoms with Crippen molar-refractivity contribution in [2.75, 3.05) is 40.9 Å². The summed E-state index contributed by atoms with van der Waals surface area (Å²) in [6.45, 7) is 4.75. The number of aliphatic hydroxyl groups excluding tert-OH is 1. The SMILES string of the molecule is CCCCCCCCCCCCCC/C=C\CCCCCCCCCCCCCC(=O)NC(COP(=O)([O-])OCC[N+](C)(C)C)C(O)CCCCCCCCCCCCCCCC. The number of quaternary nitrogens is 1. The maximum atomic E-state index is 12.9. The Kier molecular flexibility index (Phi) is 45.8. The molecule has 3 unspecified atom stereocenters. The summed E-state index contributed by atoms with van der Waals surface area (Å²) in [4.78, 5) is 25.5. The van der Waals surface area contributed by atoms with Crippen LogP contribution in [0.4, 0.5) is 0 Å². The van der Waals surface area contributed by atoms with Crippen molar-refractivity contribution in [1.29, 1.82) is 0 Å². The normalized spacial score (nSPS) is 14.1. The van der Waals surface area contributed by atoms with Gasteiger partial charge in [0, 0.05) is 6.42 Å². The quantitative estimate of drug-likeness (QED) is 0.0272. The van der Waals surface area contributed by atoms with Crippen molar-refractivity contribution in [3.8, 4) is 0 Å². The highest BCUT2D eigenvalue weighted by Crippen LogP contribution is 2.38. The van der Waals surface area contributed by atoms with Crippen LogP contribution in [0.25, 0.3) is 0 Å².